The molecular formula is C20H22N2O4. The van der Waals surface area contributed by atoms with Gasteiger partial charge in [0.15, 0.2) is 0 Å². The minimum Gasteiger partial charge on any atom is -0.465 e. The van der Waals surface area contributed by atoms with Crippen LogP contribution in [0, 0.1) is 6.92 Å². The highest BCUT2D eigenvalue weighted by Crippen LogP contribution is 2.16. The van der Waals surface area contributed by atoms with Gasteiger partial charge in [-0.15, -0.1) is 0 Å². The van der Waals surface area contributed by atoms with Gasteiger partial charge in [0, 0.05) is 19.2 Å². The predicted octanol–water partition coefficient (Wildman–Crippen LogP) is 2.45. The molecule has 2 aromatic rings. The van der Waals surface area contributed by atoms with Crippen LogP contribution in [0.1, 0.15) is 28.4 Å². The van der Waals surface area contributed by atoms with Crippen molar-refractivity contribution in [3.8, 4) is 0 Å². The van der Waals surface area contributed by atoms with Crippen molar-refractivity contribution in [3.05, 3.63) is 65.2 Å². The highest BCUT2D eigenvalue weighted by Gasteiger charge is 2.16. The zero-order valence-corrected chi connectivity index (χ0v) is 15.1. The number of esters is 1. The summed E-state index contributed by atoms with van der Waals surface area (Å²) in [6.07, 6.45) is 0. The molecule has 0 saturated carbocycles. The van der Waals surface area contributed by atoms with E-state index in [4.69, 9.17) is 0 Å². The zero-order valence-electron chi connectivity index (χ0n) is 15.1. The van der Waals surface area contributed by atoms with E-state index in [2.05, 4.69) is 10.1 Å². The van der Waals surface area contributed by atoms with Crippen molar-refractivity contribution in [3.63, 3.8) is 0 Å². The molecule has 6 heteroatoms. The van der Waals surface area contributed by atoms with E-state index >= 15 is 0 Å². The minimum atomic E-state index is -0.457. The average molecular weight is 354 g/mol. The van der Waals surface area contributed by atoms with Crippen LogP contribution in [0.15, 0.2) is 48.5 Å². The molecule has 0 fully saturated rings. The first kappa shape index (κ1) is 19.2. The van der Waals surface area contributed by atoms with Crippen molar-refractivity contribution >= 4 is 23.5 Å². The fourth-order valence-corrected chi connectivity index (χ4v) is 2.48. The first-order chi connectivity index (χ1) is 12.4. The number of carbonyl (C=O) groups excluding carboxylic acids is 3. The molecule has 136 valence electrons. The molecule has 0 aromatic heterocycles. The second kappa shape index (κ2) is 8.80. The van der Waals surface area contributed by atoms with E-state index < -0.39 is 5.97 Å². The van der Waals surface area contributed by atoms with E-state index in [1.54, 1.807) is 24.3 Å². The van der Waals surface area contributed by atoms with Crippen LogP contribution in [0.25, 0.3) is 0 Å². The van der Waals surface area contributed by atoms with Crippen molar-refractivity contribution in [2.75, 3.05) is 18.6 Å². The molecule has 2 amide bonds. The summed E-state index contributed by atoms with van der Waals surface area (Å²) >= 11 is 0. The van der Waals surface area contributed by atoms with Crippen LogP contribution in [-0.4, -0.2) is 31.4 Å². The molecule has 1 N–H and O–H groups in total. The monoisotopic (exact) mass is 354 g/mol. The molecule has 6 nitrogen and oxygen atoms in total. The Hall–Kier alpha value is -3.15. The molecule has 0 aliphatic carbocycles. The number of nitrogens with zero attached hydrogens (tertiary/aromatic N) is 1. The van der Waals surface area contributed by atoms with Gasteiger partial charge in [-0.3, -0.25) is 9.59 Å². The summed E-state index contributed by atoms with van der Waals surface area (Å²) in [5.74, 6) is -0.982. The summed E-state index contributed by atoms with van der Waals surface area (Å²) < 4.78 is 4.65. The Bertz CT molecular complexity index is 800. The number of carbonyl (C=O) groups is 3. The van der Waals surface area contributed by atoms with Crippen LogP contribution in [0.5, 0.6) is 0 Å². The second-order valence-electron chi connectivity index (χ2n) is 5.85. The van der Waals surface area contributed by atoms with Gasteiger partial charge < -0.3 is 15.0 Å². The quantitative estimate of drug-likeness (QED) is 0.809. The molecule has 0 atom stereocenters. The van der Waals surface area contributed by atoms with Gasteiger partial charge in [0.25, 0.3) is 0 Å². The number of hydrogen-bond donors (Lipinski definition) is 1. The van der Waals surface area contributed by atoms with Crippen LogP contribution in [0.2, 0.25) is 0 Å². The lowest BCUT2D eigenvalue weighted by molar-refractivity contribution is -0.123. The molecule has 0 saturated heterocycles. The Labute approximate surface area is 152 Å². The first-order valence-electron chi connectivity index (χ1n) is 8.20. The number of benzene rings is 2. The molecule has 26 heavy (non-hydrogen) atoms. The fraction of sp³-hybridized carbons (Fsp3) is 0.250. The Balaban J connectivity index is 2.03. The van der Waals surface area contributed by atoms with Gasteiger partial charge in [0.05, 0.1) is 12.7 Å². The number of hydrogen-bond acceptors (Lipinski definition) is 4. The van der Waals surface area contributed by atoms with E-state index in [1.165, 1.54) is 18.9 Å². The summed E-state index contributed by atoms with van der Waals surface area (Å²) in [4.78, 5) is 37.0. The third-order valence-electron chi connectivity index (χ3n) is 4.02. The normalized spacial score (nSPS) is 10.1. The Morgan fingerprint density at radius 2 is 1.69 bits per heavy atom. The average Bonchev–Trinajstić information content (AvgIpc) is 2.64. The number of nitrogens with one attached hydrogen (secondary N) is 1. The maximum Gasteiger partial charge on any atom is 0.337 e. The minimum absolute atomic E-state index is 0.0984. The summed E-state index contributed by atoms with van der Waals surface area (Å²) in [6.45, 7) is 3.67. The molecule has 0 bridgehead atoms. The van der Waals surface area contributed by atoms with Crippen LogP contribution < -0.4 is 10.2 Å². The van der Waals surface area contributed by atoms with E-state index in [1.807, 2.05) is 31.2 Å². The maximum absolute atomic E-state index is 12.3. The number of aryl methyl sites for hydroxylation is 1. The Morgan fingerprint density at radius 3 is 2.27 bits per heavy atom. The van der Waals surface area contributed by atoms with Crippen molar-refractivity contribution in [1.82, 2.24) is 5.32 Å². The summed E-state index contributed by atoms with van der Waals surface area (Å²) in [6, 6.07) is 14.1. The lowest BCUT2D eigenvalue weighted by Gasteiger charge is -2.21. The highest BCUT2D eigenvalue weighted by molar-refractivity contribution is 5.98. The standard InChI is InChI=1S/C20H22N2O4/c1-14-6-4-5-7-17(14)12-21-19(24)13-22(15(2)23)18-10-8-16(9-11-18)20(25)26-3/h4-11H,12-13H2,1-3H3,(H,21,24). The predicted molar refractivity (Wildman–Crippen MR) is 98.8 cm³/mol. The maximum atomic E-state index is 12.3. The number of rotatable bonds is 6. The van der Waals surface area contributed by atoms with Crippen LogP contribution in [0.3, 0.4) is 0 Å². The smallest absolute Gasteiger partial charge is 0.337 e. The van der Waals surface area contributed by atoms with Crippen molar-refractivity contribution in [2.24, 2.45) is 0 Å². The summed E-state index contributed by atoms with van der Waals surface area (Å²) in [7, 11) is 1.30. The largest absolute Gasteiger partial charge is 0.465 e. The molecule has 2 aromatic carbocycles. The second-order valence-corrected chi connectivity index (χ2v) is 5.85. The molecule has 0 spiro atoms. The Kier molecular flexibility index (Phi) is 6.49. The first-order valence-corrected chi connectivity index (χ1v) is 8.20. The third-order valence-corrected chi connectivity index (χ3v) is 4.02. The number of methoxy groups -OCH3 is 1. The lowest BCUT2D eigenvalue weighted by Crippen LogP contribution is -2.39. The Morgan fingerprint density at radius 1 is 1.04 bits per heavy atom. The number of anilines is 1. The van der Waals surface area contributed by atoms with Gasteiger partial charge >= 0.3 is 5.97 Å². The molecular weight excluding hydrogens is 332 g/mol. The van der Waals surface area contributed by atoms with Gasteiger partial charge in [0.1, 0.15) is 6.54 Å². The molecule has 0 aliphatic heterocycles. The molecule has 0 radical (unpaired) electrons. The zero-order chi connectivity index (χ0) is 19.1. The van der Waals surface area contributed by atoms with E-state index in [9.17, 15) is 14.4 Å². The molecule has 0 aliphatic rings. The van der Waals surface area contributed by atoms with Crippen LogP contribution in [-0.2, 0) is 20.9 Å². The van der Waals surface area contributed by atoms with Crippen molar-refractivity contribution in [1.29, 1.82) is 0 Å². The van der Waals surface area contributed by atoms with Gasteiger partial charge in [-0.25, -0.2) is 4.79 Å². The van der Waals surface area contributed by atoms with Gasteiger partial charge in [-0.2, -0.15) is 0 Å². The number of ether oxygens (including phenoxy) is 1. The van der Waals surface area contributed by atoms with Crippen molar-refractivity contribution < 1.29 is 19.1 Å². The molecule has 0 heterocycles. The summed E-state index contributed by atoms with van der Waals surface area (Å²) in [5, 5.41) is 2.83. The van der Waals surface area contributed by atoms with Gasteiger partial charge in [-0.1, -0.05) is 24.3 Å². The molecule has 2 rings (SSSR count). The number of amides is 2. The van der Waals surface area contributed by atoms with E-state index in [0.29, 0.717) is 17.8 Å². The highest BCUT2D eigenvalue weighted by atomic mass is 16.5. The molecule has 0 unspecified atom stereocenters. The van der Waals surface area contributed by atoms with Crippen molar-refractivity contribution in [2.45, 2.75) is 20.4 Å². The van der Waals surface area contributed by atoms with Crippen LogP contribution >= 0.6 is 0 Å². The van der Waals surface area contributed by atoms with Gasteiger partial charge in [-0.05, 0) is 42.3 Å². The third kappa shape index (κ3) is 4.92. The fourth-order valence-electron chi connectivity index (χ4n) is 2.48. The van der Waals surface area contributed by atoms with Gasteiger partial charge in [0.2, 0.25) is 11.8 Å². The van der Waals surface area contributed by atoms with E-state index in [-0.39, 0.29) is 18.4 Å². The van der Waals surface area contributed by atoms with Crippen LogP contribution in [0.4, 0.5) is 5.69 Å². The lowest BCUT2D eigenvalue weighted by atomic mass is 10.1. The van der Waals surface area contributed by atoms with E-state index in [0.717, 1.165) is 11.1 Å². The topological polar surface area (TPSA) is 75.7 Å². The SMILES string of the molecule is COC(=O)c1ccc(N(CC(=O)NCc2ccccc2C)C(C)=O)cc1. The summed E-state index contributed by atoms with van der Waals surface area (Å²) in [5.41, 5.74) is 3.03.